The molecular weight excluding hydrogens is 332 g/mol. The standard InChI is InChI=1S/C24H30N2O/c1-16-14-19(4)23(26(5)15-16)22(20-12-7-6-8-13-20)25-24(27)21-17(2)10-9-11-18(21)3/h6-13,16,22H,14-15H2,1-5H3,(H,25,27)/t16?,22-/m1/s1. The van der Waals surface area contributed by atoms with Gasteiger partial charge in [0.1, 0.15) is 0 Å². The topological polar surface area (TPSA) is 32.3 Å². The van der Waals surface area contributed by atoms with Crippen LogP contribution in [0.5, 0.6) is 0 Å². The van der Waals surface area contributed by atoms with Crippen LogP contribution < -0.4 is 5.32 Å². The fraction of sp³-hybridized carbons (Fsp3) is 0.375. The molecule has 0 bridgehead atoms. The lowest BCUT2D eigenvalue weighted by molar-refractivity contribution is 0.0934. The van der Waals surface area contributed by atoms with Crippen LogP contribution in [0.2, 0.25) is 0 Å². The Kier molecular flexibility index (Phi) is 5.69. The molecule has 3 rings (SSSR count). The zero-order valence-electron chi connectivity index (χ0n) is 17.0. The number of amides is 1. The van der Waals surface area contributed by atoms with Crippen LogP contribution in [0.3, 0.4) is 0 Å². The Hall–Kier alpha value is -2.55. The van der Waals surface area contributed by atoms with Crippen molar-refractivity contribution < 1.29 is 4.79 Å². The molecule has 0 spiro atoms. The maximum atomic E-state index is 13.2. The molecule has 0 saturated heterocycles. The van der Waals surface area contributed by atoms with Crippen LogP contribution >= 0.6 is 0 Å². The van der Waals surface area contributed by atoms with Gasteiger partial charge in [0.25, 0.3) is 5.91 Å². The summed E-state index contributed by atoms with van der Waals surface area (Å²) in [5, 5.41) is 3.34. The molecule has 2 aromatic carbocycles. The van der Waals surface area contributed by atoms with E-state index in [1.807, 2.05) is 50.2 Å². The Labute approximate surface area is 163 Å². The molecule has 0 aliphatic carbocycles. The summed E-state index contributed by atoms with van der Waals surface area (Å²) in [4.78, 5) is 15.5. The van der Waals surface area contributed by atoms with Gasteiger partial charge in [0.05, 0.1) is 6.04 Å². The Balaban J connectivity index is 2.02. The minimum Gasteiger partial charge on any atom is -0.376 e. The summed E-state index contributed by atoms with van der Waals surface area (Å²) in [6, 6.07) is 16.1. The molecule has 142 valence electrons. The second-order valence-electron chi connectivity index (χ2n) is 7.94. The number of nitrogens with one attached hydrogen (secondary N) is 1. The van der Waals surface area contributed by atoms with Crippen molar-refractivity contribution in [3.8, 4) is 0 Å². The molecule has 3 nitrogen and oxygen atoms in total. The van der Waals surface area contributed by atoms with E-state index < -0.39 is 0 Å². The molecule has 1 aliphatic heterocycles. The first-order valence-corrected chi connectivity index (χ1v) is 9.71. The molecule has 0 aromatic heterocycles. The Morgan fingerprint density at radius 3 is 2.26 bits per heavy atom. The fourth-order valence-electron chi connectivity index (χ4n) is 4.38. The summed E-state index contributed by atoms with van der Waals surface area (Å²) in [7, 11) is 2.13. The molecule has 2 atom stereocenters. The molecule has 1 heterocycles. The summed E-state index contributed by atoms with van der Waals surface area (Å²) in [6.07, 6.45) is 1.07. The van der Waals surface area contributed by atoms with E-state index in [0.29, 0.717) is 5.92 Å². The van der Waals surface area contributed by atoms with Gasteiger partial charge in [-0.15, -0.1) is 0 Å². The average Bonchev–Trinajstić information content (AvgIpc) is 2.60. The number of carbonyl (C=O) groups is 1. The maximum Gasteiger partial charge on any atom is 0.252 e. The van der Waals surface area contributed by atoms with Crippen LogP contribution in [0.15, 0.2) is 59.8 Å². The first-order chi connectivity index (χ1) is 12.9. The number of nitrogens with zero attached hydrogens (tertiary/aromatic N) is 1. The van der Waals surface area contributed by atoms with Crippen molar-refractivity contribution in [3.05, 3.63) is 82.1 Å². The molecule has 0 radical (unpaired) electrons. The fourth-order valence-corrected chi connectivity index (χ4v) is 4.38. The number of rotatable bonds is 4. The molecule has 2 aromatic rings. The number of carbonyl (C=O) groups excluding carboxylic acids is 1. The van der Waals surface area contributed by atoms with Gasteiger partial charge in [-0.05, 0) is 49.8 Å². The van der Waals surface area contributed by atoms with Crippen molar-refractivity contribution in [1.29, 1.82) is 0 Å². The number of hydrogen-bond acceptors (Lipinski definition) is 2. The Bertz CT molecular complexity index is 834. The molecule has 1 unspecified atom stereocenters. The van der Waals surface area contributed by atoms with E-state index in [4.69, 9.17) is 0 Å². The number of allylic oxidation sites excluding steroid dienone is 1. The summed E-state index contributed by atoms with van der Waals surface area (Å²) >= 11 is 0. The van der Waals surface area contributed by atoms with Gasteiger partial charge in [-0.3, -0.25) is 4.79 Å². The summed E-state index contributed by atoms with van der Waals surface area (Å²) in [5.74, 6) is 0.622. The summed E-state index contributed by atoms with van der Waals surface area (Å²) in [5.41, 5.74) is 6.49. The molecule has 1 aliphatic rings. The molecule has 0 saturated carbocycles. The number of hydrogen-bond donors (Lipinski definition) is 1. The second kappa shape index (κ2) is 7.99. The van der Waals surface area contributed by atoms with E-state index in [2.05, 4.69) is 43.2 Å². The molecular formula is C24H30N2O. The minimum absolute atomic E-state index is 0.00762. The first kappa shape index (κ1) is 19.2. The van der Waals surface area contributed by atoms with Gasteiger partial charge in [0.2, 0.25) is 0 Å². The molecule has 3 heteroatoms. The molecule has 1 N–H and O–H groups in total. The largest absolute Gasteiger partial charge is 0.376 e. The first-order valence-electron chi connectivity index (χ1n) is 9.71. The van der Waals surface area contributed by atoms with Crippen LogP contribution in [-0.2, 0) is 0 Å². The minimum atomic E-state index is -0.143. The summed E-state index contributed by atoms with van der Waals surface area (Å²) in [6.45, 7) is 9.48. The van der Waals surface area contributed by atoms with Gasteiger partial charge in [0.15, 0.2) is 0 Å². The summed E-state index contributed by atoms with van der Waals surface area (Å²) < 4.78 is 0. The third kappa shape index (κ3) is 4.08. The van der Waals surface area contributed by atoms with Crippen LogP contribution in [-0.4, -0.2) is 24.4 Å². The van der Waals surface area contributed by atoms with E-state index >= 15 is 0 Å². The third-order valence-corrected chi connectivity index (χ3v) is 5.48. The predicted molar refractivity (Wildman–Crippen MR) is 112 cm³/mol. The third-order valence-electron chi connectivity index (χ3n) is 5.48. The predicted octanol–water partition coefficient (Wildman–Crippen LogP) is 5.02. The number of benzene rings is 2. The average molecular weight is 363 g/mol. The van der Waals surface area contributed by atoms with E-state index in [0.717, 1.165) is 35.2 Å². The van der Waals surface area contributed by atoms with Crippen molar-refractivity contribution in [1.82, 2.24) is 10.2 Å². The van der Waals surface area contributed by atoms with Gasteiger partial charge in [0, 0.05) is 24.9 Å². The van der Waals surface area contributed by atoms with Crippen molar-refractivity contribution in [2.45, 2.75) is 40.2 Å². The SMILES string of the molecule is CC1=C([C@H](NC(=O)c2c(C)cccc2C)c2ccccc2)N(C)CC(C)C1. The lowest BCUT2D eigenvalue weighted by Crippen LogP contribution is -2.39. The smallest absolute Gasteiger partial charge is 0.252 e. The van der Waals surface area contributed by atoms with Gasteiger partial charge < -0.3 is 10.2 Å². The van der Waals surface area contributed by atoms with Crippen molar-refractivity contribution in [2.24, 2.45) is 5.92 Å². The van der Waals surface area contributed by atoms with E-state index in [-0.39, 0.29) is 11.9 Å². The number of likely N-dealkylation sites (N-methyl/N-ethyl adjacent to an activating group) is 1. The number of aryl methyl sites for hydroxylation is 2. The Morgan fingerprint density at radius 2 is 1.67 bits per heavy atom. The zero-order valence-corrected chi connectivity index (χ0v) is 17.0. The highest BCUT2D eigenvalue weighted by Crippen LogP contribution is 2.34. The van der Waals surface area contributed by atoms with E-state index in [1.165, 1.54) is 11.3 Å². The van der Waals surface area contributed by atoms with Gasteiger partial charge in [-0.25, -0.2) is 0 Å². The highest BCUT2D eigenvalue weighted by molar-refractivity contribution is 5.97. The van der Waals surface area contributed by atoms with Gasteiger partial charge >= 0.3 is 0 Å². The van der Waals surface area contributed by atoms with E-state index in [1.54, 1.807) is 0 Å². The second-order valence-corrected chi connectivity index (χ2v) is 7.94. The van der Waals surface area contributed by atoms with Crippen molar-refractivity contribution in [3.63, 3.8) is 0 Å². The zero-order chi connectivity index (χ0) is 19.6. The van der Waals surface area contributed by atoms with Crippen LogP contribution in [0.4, 0.5) is 0 Å². The van der Waals surface area contributed by atoms with Gasteiger partial charge in [-0.1, -0.05) is 61.0 Å². The quantitative estimate of drug-likeness (QED) is 0.828. The highest BCUT2D eigenvalue weighted by Gasteiger charge is 2.29. The normalized spacial score (nSPS) is 18.4. The lowest BCUT2D eigenvalue weighted by Gasteiger charge is -2.38. The highest BCUT2D eigenvalue weighted by atomic mass is 16.1. The monoisotopic (exact) mass is 362 g/mol. The van der Waals surface area contributed by atoms with Crippen LogP contribution in [0.1, 0.15) is 53.4 Å². The van der Waals surface area contributed by atoms with Crippen LogP contribution in [0, 0.1) is 19.8 Å². The van der Waals surface area contributed by atoms with Crippen molar-refractivity contribution in [2.75, 3.05) is 13.6 Å². The molecule has 27 heavy (non-hydrogen) atoms. The molecule has 1 amide bonds. The maximum absolute atomic E-state index is 13.2. The van der Waals surface area contributed by atoms with E-state index in [9.17, 15) is 4.79 Å². The molecule has 0 fully saturated rings. The Morgan fingerprint density at radius 1 is 1.04 bits per heavy atom. The van der Waals surface area contributed by atoms with Gasteiger partial charge in [-0.2, -0.15) is 0 Å². The van der Waals surface area contributed by atoms with Crippen LogP contribution in [0.25, 0.3) is 0 Å². The lowest BCUT2D eigenvalue weighted by atomic mass is 9.89. The van der Waals surface area contributed by atoms with Crippen molar-refractivity contribution >= 4 is 5.91 Å².